The number of nitrogens with zero attached hydrogens (tertiary/aromatic N) is 2. The van der Waals surface area contributed by atoms with Crippen molar-refractivity contribution in [3.63, 3.8) is 0 Å². The second kappa shape index (κ2) is 4.58. The summed E-state index contributed by atoms with van der Waals surface area (Å²) in [6, 6.07) is 6.78. The molecule has 0 aromatic heterocycles. The average molecular weight is 276 g/mol. The molecule has 2 amide bonds. The number of para-hydroxylation sites is 1. The summed E-state index contributed by atoms with van der Waals surface area (Å²) in [5, 5.41) is 19.7. The van der Waals surface area contributed by atoms with Gasteiger partial charge in [-0.05, 0) is 11.6 Å². The lowest BCUT2D eigenvalue weighted by molar-refractivity contribution is 0.102. The molecule has 8 heteroatoms. The van der Waals surface area contributed by atoms with Gasteiger partial charge in [-0.15, -0.1) is 0 Å². The smallest absolute Gasteiger partial charge is 0.418 e. The Kier molecular flexibility index (Phi) is 2.88. The van der Waals surface area contributed by atoms with Crippen LogP contribution in [0.25, 0.3) is 5.57 Å². The predicted molar refractivity (Wildman–Crippen MR) is 67.2 cm³/mol. The Morgan fingerprint density at radius 1 is 1.25 bits per heavy atom. The summed E-state index contributed by atoms with van der Waals surface area (Å²) in [7, 11) is 0. The number of amides is 2. The lowest BCUT2D eigenvalue weighted by atomic mass is 10.00. The van der Waals surface area contributed by atoms with E-state index in [4.69, 9.17) is 10.2 Å². The zero-order valence-corrected chi connectivity index (χ0v) is 10.3. The highest BCUT2D eigenvalue weighted by Crippen LogP contribution is 2.18. The van der Waals surface area contributed by atoms with E-state index in [-0.39, 0.29) is 0 Å². The van der Waals surface area contributed by atoms with E-state index in [1.807, 2.05) is 12.1 Å². The van der Waals surface area contributed by atoms with Gasteiger partial charge in [0.1, 0.15) is 0 Å². The number of hydrogen-bond donors (Lipinski definition) is 4. The molecule has 0 spiro atoms. The molecule has 2 aliphatic rings. The topological polar surface area (TPSA) is 114 Å². The van der Waals surface area contributed by atoms with Crippen molar-refractivity contribution in [3.05, 3.63) is 34.8 Å². The van der Waals surface area contributed by atoms with Crippen LogP contribution in [-0.2, 0) is 0 Å². The molecule has 1 fully saturated rings. The number of fused-ring (bicyclic) bond motifs is 2. The first-order valence-corrected chi connectivity index (χ1v) is 5.99. The minimum atomic E-state index is -1.54. The molecule has 2 aliphatic heterocycles. The third kappa shape index (κ3) is 1.82. The highest BCUT2D eigenvalue weighted by atomic mass is 16.4. The normalized spacial score (nSPS) is 23.5. The minimum absolute atomic E-state index is 0.320. The fourth-order valence-electron chi connectivity index (χ4n) is 2.56. The van der Waals surface area contributed by atoms with Crippen molar-refractivity contribution in [2.45, 2.75) is 12.2 Å². The quantitative estimate of drug-likeness (QED) is 0.519. The number of nitrogens with one attached hydrogen (secondary N) is 2. The standard InChI is InChI=1S/C12H12N4O4/c17-11(18)16(12(19)20)10-9-7(5-13-15-9)6-3-1-2-4-8(6)14-10/h1-4,9-10,13,15H,5H2,(H,17,18)(H,19,20). The number of carbonyl (C=O) groups is 2. The van der Waals surface area contributed by atoms with Gasteiger partial charge in [0.25, 0.3) is 0 Å². The number of imide groups is 1. The maximum atomic E-state index is 11.2. The summed E-state index contributed by atoms with van der Waals surface area (Å²) in [6.45, 7) is 0.515. The number of hydrogen-bond acceptors (Lipinski definition) is 5. The maximum Gasteiger partial charge on any atom is 0.418 e. The van der Waals surface area contributed by atoms with Crippen LogP contribution in [0.15, 0.2) is 29.3 Å². The number of rotatable bonds is 1. The van der Waals surface area contributed by atoms with Gasteiger partial charge in [0.05, 0.1) is 11.4 Å². The molecule has 0 aliphatic carbocycles. The van der Waals surface area contributed by atoms with Gasteiger partial charge in [-0.3, -0.25) is 10.4 Å². The minimum Gasteiger partial charge on any atom is -0.464 e. The molecule has 104 valence electrons. The third-order valence-electron chi connectivity index (χ3n) is 3.41. The van der Waals surface area contributed by atoms with Gasteiger partial charge in [-0.25, -0.2) is 15.0 Å². The van der Waals surface area contributed by atoms with E-state index in [9.17, 15) is 9.59 Å². The zero-order chi connectivity index (χ0) is 14.3. The van der Waals surface area contributed by atoms with Crippen LogP contribution in [0, 0.1) is 0 Å². The Bertz CT molecular complexity index is 688. The molecule has 0 bridgehead atoms. The van der Waals surface area contributed by atoms with E-state index in [1.54, 1.807) is 12.1 Å². The average Bonchev–Trinajstić information content (AvgIpc) is 2.87. The molecule has 2 unspecified atom stereocenters. The van der Waals surface area contributed by atoms with E-state index >= 15 is 0 Å². The van der Waals surface area contributed by atoms with Crippen molar-refractivity contribution in [3.8, 4) is 0 Å². The predicted octanol–water partition coefficient (Wildman–Crippen LogP) is -1.07. The van der Waals surface area contributed by atoms with Gasteiger partial charge < -0.3 is 10.2 Å². The molecule has 0 radical (unpaired) electrons. The Morgan fingerprint density at radius 3 is 2.65 bits per heavy atom. The molecular formula is C12H12N4O4. The summed E-state index contributed by atoms with van der Waals surface area (Å²) in [6.07, 6.45) is -4.12. The summed E-state index contributed by atoms with van der Waals surface area (Å²) in [5.74, 6) is 0. The third-order valence-corrected chi connectivity index (χ3v) is 3.41. The van der Waals surface area contributed by atoms with Crippen molar-refractivity contribution >= 4 is 17.8 Å². The zero-order valence-electron chi connectivity index (χ0n) is 10.3. The highest BCUT2D eigenvalue weighted by molar-refractivity contribution is 5.86. The van der Waals surface area contributed by atoms with E-state index in [1.165, 1.54) is 0 Å². The molecule has 1 aromatic rings. The molecule has 1 saturated heterocycles. The van der Waals surface area contributed by atoms with Crippen LogP contribution in [0.4, 0.5) is 9.59 Å². The van der Waals surface area contributed by atoms with Crippen molar-refractivity contribution in [2.75, 3.05) is 6.54 Å². The molecule has 0 saturated carbocycles. The van der Waals surface area contributed by atoms with E-state index in [2.05, 4.69) is 15.8 Å². The molecular weight excluding hydrogens is 264 g/mol. The first-order valence-electron chi connectivity index (χ1n) is 5.99. The fourth-order valence-corrected chi connectivity index (χ4v) is 2.56. The van der Waals surface area contributed by atoms with Crippen molar-refractivity contribution in [1.82, 2.24) is 15.8 Å². The first kappa shape index (κ1) is 12.6. The largest absolute Gasteiger partial charge is 0.464 e. The van der Waals surface area contributed by atoms with Crippen molar-refractivity contribution < 1.29 is 19.8 Å². The van der Waals surface area contributed by atoms with Crippen LogP contribution in [0.2, 0.25) is 0 Å². The van der Waals surface area contributed by atoms with Crippen LogP contribution < -0.4 is 21.4 Å². The molecule has 2 atom stereocenters. The molecule has 1 aromatic carbocycles. The van der Waals surface area contributed by atoms with Crippen LogP contribution >= 0.6 is 0 Å². The maximum absolute atomic E-state index is 11.2. The van der Waals surface area contributed by atoms with E-state index < -0.39 is 24.4 Å². The van der Waals surface area contributed by atoms with Crippen LogP contribution in [0.1, 0.15) is 0 Å². The monoisotopic (exact) mass is 276 g/mol. The number of carboxylic acid groups (broad SMARTS) is 2. The lowest BCUT2D eigenvalue weighted by Gasteiger charge is -2.29. The van der Waals surface area contributed by atoms with Gasteiger partial charge >= 0.3 is 12.2 Å². The Hall–Kier alpha value is -2.45. The second-order valence-electron chi connectivity index (χ2n) is 4.50. The molecule has 2 heterocycles. The second-order valence-corrected chi connectivity index (χ2v) is 4.50. The summed E-state index contributed by atoms with van der Waals surface area (Å²) < 4.78 is 0. The fraction of sp³-hybridized carbons (Fsp3) is 0.250. The molecule has 4 N–H and O–H groups in total. The van der Waals surface area contributed by atoms with Gasteiger partial charge in [0.15, 0.2) is 6.17 Å². The Morgan fingerprint density at radius 2 is 1.95 bits per heavy atom. The van der Waals surface area contributed by atoms with Crippen LogP contribution in [0.5, 0.6) is 0 Å². The molecule has 8 nitrogen and oxygen atoms in total. The summed E-state index contributed by atoms with van der Waals surface area (Å²) >= 11 is 0. The SMILES string of the molecule is O=C(O)N(C(=O)O)C1N=c2ccccc2=C2CNNC21. The van der Waals surface area contributed by atoms with E-state index in [0.717, 1.165) is 10.8 Å². The van der Waals surface area contributed by atoms with Crippen molar-refractivity contribution in [2.24, 2.45) is 4.99 Å². The van der Waals surface area contributed by atoms with E-state index in [0.29, 0.717) is 16.8 Å². The first-order chi connectivity index (χ1) is 9.59. The van der Waals surface area contributed by atoms with Gasteiger partial charge in [-0.2, -0.15) is 4.90 Å². The van der Waals surface area contributed by atoms with Crippen LogP contribution in [-0.4, -0.2) is 46.1 Å². The van der Waals surface area contributed by atoms with Crippen LogP contribution in [0.3, 0.4) is 0 Å². The number of benzene rings is 1. The van der Waals surface area contributed by atoms with Crippen molar-refractivity contribution in [1.29, 1.82) is 0 Å². The summed E-state index contributed by atoms with van der Waals surface area (Å²) in [4.78, 5) is 26.9. The highest BCUT2D eigenvalue weighted by Gasteiger charge is 2.40. The molecule has 20 heavy (non-hydrogen) atoms. The van der Waals surface area contributed by atoms with Gasteiger partial charge in [-0.1, -0.05) is 18.2 Å². The molecule has 3 rings (SSSR count). The Balaban J connectivity index is 2.18. The Labute approximate surface area is 113 Å². The lowest BCUT2D eigenvalue weighted by Crippen LogP contribution is -2.56. The van der Waals surface area contributed by atoms with Gasteiger partial charge in [0, 0.05) is 11.8 Å². The number of hydrazine groups is 1. The summed E-state index contributed by atoms with van der Waals surface area (Å²) in [5.41, 5.74) is 6.71. The van der Waals surface area contributed by atoms with Gasteiger partial charge in [0.2, 0.25) is 0 Å².